The van der Waals surface area contributed by atoms with Crippen molar-refractivity contribution in [3.05, 3.63) is 28.2 Å². The molecule has 1 aliphatic heterocycles. The van der Waals surface area contributed by atoms with Crippen LogP contribution in [0.3, 0.4) is 0 Å². The molecule has 0 spiro atoms. The first-order valence-corrected chi connectivity index (χ1v) is 5.56. The van der Waals surface area contributed by atoms with Crippen molar-refractivity contribution in [3.8, 4) is 0 Å². The molecule has 1 N–H and O–H groups in total. The van der Waals surface area contributed by atoms with Crippen molar-refractivity contribution in [1.29, 1.82) is 0 Å². The molecule has 0 saturated heterocycles. The fraction of sp³-hybridized carbons (Fsp3) is 0.167. The molecule has 0 aliphatic carbocycles. The number of thiazole rings is 1. The lowest BCUT2D eigenvalue weighted by atomic mass is 10.6. The van der Waals surface area contributed by atoms with E-state index >= 15 is 0 Å². The molecule has 0 radical (unpaired) electrons. The Hall–Kier alpha value is -0.000000000000000111. The minimum Gasteiger partial charge on any atom is -0.362 e. The number of aromatic nitrogens is 1. The van der Waals surface area contributed by atoms with Gasteiger partial charge in [-0.2, -0.15) is 0 Å². The molecule has 5 heteroatoms. The molecule has 0 bridgehead atoms. The summed E-state index contributed by atoms with van der Waals surface area (Å²) in [6.07, 6.45) is 3.73. The third-order valence-corrected chi connectivity index (χ3v) is 4.63. The van der Waals surface area contributed by atoms with Crippen LogP contribution in [0, 0.1) is 0 Å². The topological polar surface area (TPSA) is 24.9 Å². The Morgan fingerprint density at radius 3 is 3.09 bits per heavy atom. The van der Waals surface area contributed by atoms with E-state index in [-0.39, 0.29) is 3.78 Å². The van der Waals surface area contributed by atoms with Crippen LogP contribution in [0.15, 0.2) is 23.2 Å². The van der Waals surface area contributed by atoms with E-state index in [1.807, 2.05) is 23.2 Å². The molecule has 1 aromatic rings. The van der Waals surface area contributed by atoms with Crippen molar-refractivity contribution in [1.82, 2.24) is 10.3 Å². The van der Waals surface area contributed by atoms with Crippen molar-refractivity contribution in [2.75, 3.05) is 0 Å². The predicted octanol–water partition coefficient (Wildman–Crippen LogP) is 2.46. The first kappa shape index (κ1) is 7.64. The Morgan fingerprint density at radius 2 is 2.55 bits per heavy atom. The molecule has 0 aromatic carbocycles. The van der Waals surface area contributed by atoms with E-state index in [0.29, 0.717) is 0 Å². The van der Waals surface area contributed by atoms with E-state index in [2.05, 4.69) is 26.2 Å². The second-order valence-electron chi connectivity index (χ2n) is 2.00. The molecule has 0 fully saturated rings. The van der Waals surface area contributed by atoms with Gasteiger partial charge in [0.15, 0.2) is 3.78 Å². The summed E-state index contributed by atoms with van der Waals surface area (Å²) in [5.74, 6) is 0. The van der Waals surface area contributed by atoms with Gasteiger partial charge in [-0.15, -0.1) is 11.3 Å². The van der Waals surface area contributed by atoms with Gasteiger partial charge in [-0.1, -0.05) is 11.8 Å². The van der Waals surface area contributed by atoms with Crippen LogP contribution >= 0.6 is 39.0 Å². The van der Waals surface area contributed by atoms with Gasteiger partial charge in [-0.05, 0) is 21.3 Å². The van der Waals surface area contributed by atoms with Crippen molar-refractivity contribution in [2.45, 2.75) is 3.78 Å². The van der Waals surface area contributed by atoms with Gasteiger partial charge in [0.05, 0.1) is 0 Å². The van der Waals surface area contributed by atoms with Gasteiger partial charge >= 0.3 is 0 Å². The fourth-order valence-corrected chi connectivity index (χ4v) is 3.12. The number of thioether (sulfide) groups is 1. The minimum atomic E-state index is -0.207. The molecular weight excluding hydrogens is 244 g/mol. The number of nitrogens with one attached hydrogen (secondary N) is 1. The summed E-state index contributed by atoms with van der Waals surface area (Å²) in [6, 6.07) is 0. The summed E-state index contributed by atoms with van der Waals surface area (Å²) in [6.45, 7) is 0. The summed E-state index contributed by atoms with van der Waals surface area (Å²) in [7, 11) is 0. The van der Waals surface area contributed by atoms with E-state index in [1.165, 1.54) is 0 Å². The molecule has 11 heavy (non-hydrogen) atoms. The van der Waals surface area contributed by atoms with Crippen LogP contribution < -0.4 is 5.32 Å². The second kappa shape index (κ2) is 2.80. The Morgan fingerprint density at radius 1 is 1.64 bits per heavy atom. The highest BCUT2D eigenvalue weighted by molar-refractivity contribution is 9.11. The van der Waals surface area contributed by atoms with Crippen LogP contribution in [0.1, 0.15) is 5.01 Å². The summed E-state index contributed by atoms with van der Waals surface area (Å²) in [4.78, 5) is 4.22. The maximum Gasteiger partial charge on any atom is 0.196 e. The monoisotopic (exact) mass is 248 g/mol. The van der Waals surface area contributed by atoms with Gasteiger partial charge in [0.25, 0.3) is 0 Å². The molecule has 58 valence electrons. The highest BCUT2D eigenvalue weighted by Crippen LogP contribution is 2.44. The third kappa shape index (κ3) is 1.32. The number of hydrogen-bond acceptors (Lipinski definition) is 4. The maximum absolute atomic E-state index is 4.22. The number of alkyl halides is 1. The summed E-state index contributed by atoms with van der Waals surface area (Å²) in [5, 5.41) is 8.21. The molecule has 1 aromatic heterocycles. The smallest absolute Gasteiger partial charge is 0.196 e. The lowest BCUT2D eigenvalue weighted by molar-refractivity contribution is 0.803. The second-order valence-corrected chi connectivity index (χ2v) is 5.73. The van der Waals surface area contributed by atoms with Crippen molar-refractivity contribution in [2.24, 2.45) is 0 Å². The van der Waals surface area contributed by atoms with E-state index in [4.69, 9.17) is 0 Å². The van der Waals surface area contributed by atoms with Crippen LogP contribution in [-0.4, -0.2) is 4.98 Å². The third-order valence-electron chi connectivity index (χ3n) is 1.27. The molecular formula is C6H5BrN2S2. The summed E-state index contributed by atoms with van der Waals surface area (Å²) < 4.78 is -0.207. The van der Waals surface area contributed by atoms with Gasteiger partial charge in [-0.25, -0.2) is 4.98 Å². The Balaban J connectivity index is 2.29. The van der Waals surface area contributed by atoms with Crippen molar-refractivity contribution < 1.29 is 0 Å². The zero-order valence-electron chi connectivity index (χ0n) is 5.45. The number of nitrogens with zero attached hydrogens (tertiary/aromatic N) is 1. The van der Waals surface area contributed by atoms with Crippen LogP contribution in [0.2, 0.25) is 0 Å². The number of rotatable bonds is 1. The van der Waals surface area contributed by atoms with Crippen LogP contribution in [-0.2, 0) is 3.78 Å². The lowest BCUT2D eigenvalue weighted by Crippen LogP contribution is -2.24. The van der Waals surface area contributed by atoms with Gasteiger partial charge in [0.2, 0.25) is 0 Å². The van der Waals surface area contributed by atoms with E-state index in [0.717, 1.165) is 5.01 Å². The van der Waals surface area contributed by atoms with Gasteiger partial charge in [0.1, 0.15) is 5.01 Å². The van der Waals surface area contributed by atoms with Crippen LogP contribution in [0.5, 0.6) is 0 Å². The summed E-state index contributed by atoms with van der Waals surface area (Å²) in [5.41, 5.74) is 0. The zero-order chi connectivity index (χ0) is 7.73. The first-order valence-electron chi connectivity index (χ1n) is 3.01. The molecule has 2 heterocycles. The normalized spacial score (nSPS) is 28.8. The fourth-order valence-electron chi connectivity index (χ4n) is 0.797. The lowest BCUT2D eigenvalue weighted by Gasteiger charge is -2.17. The number of halogens is 1. The SMILES string of the molecule is BrC1(c2nccs2)NC=CS1. The van der Waals surface area contributed by atoms with E-state index < -0.39 is 0 Å². The molecule has 1 aliphatic rings. The first-order chi connectivity index (χ1) is 5.31. The van der Waals surface area contributed by atoms with E-state index in [1.54, 1.807) is 23.1 Å². The van der Waals surface area contributed by atoms with Gasteiger partial charge in [-0.3, -0.25) is 0 Å². The Bertz CT molecular complexity index is 262. The average Bonchev–Trinajstić information content (AvgIpc) is 2.55. The van der Waals surface area contributed by atoms with Gasteiger partial charge in [0, 0.05) is 17.8 Å². The van der Waals surface area contributed by atoms with E-state index in [9.17, 15) is 0 Å². The minimum absolute atomic E-state index is 0.207. The maximum atomic E-state index is 4.22. The molecule has 2 nitrogen and oxygen atoms in total. The summed E-state index contributed by atoms with van der Waals surface area (Å²) >= 11 is 6.88. The average molecular weight is 249 g/mol. The van der Waals surface area contributed by atoms with Crippen molar-refractivity contribution in [3.63, 3.8) is 0 Å². The highest BCUT2D eigenvalue weighted by atomic mass is 79.9. The Labute approximate surface area is 81.2 Å². The molecule has 1 atom stereocenters. The largest absolute Gasteiger partial charge is 0.362 e. The quantitative estimate of drug-likeness (QED) is 0.611. The number of hydrogen-bond donors (Lipinski definition) is 1. The zero-order valence-corrected chi connectivity index (χ0v) is 8.67. The van der Waals surface area contributed by atoms with Gasteiger partial charge < -0.3 is 5.32 Å². The molecule has 0 amide bonds. The van der Waals surface area contributed by atoms with Crippen LogP contribution in [0.25, 0.3) is 0 Å². The Kier molecular flexibility index (Phi) is 1.95. The highest BCUT2D eigenvalue weighted by Gasteiger charge is 2.32. The van der Waals surface area contributed by atoms with Crippen molar-refractivity contribution >= 4 is 39.0 Å². The predicted molar refractivity (Wildman–Crippen MR) is 52.6 cm³/mol. The molecule has 1 unspecified atom stereocenters. The van der Waals surface area contributed by atoms with Crippen LogP contribution in [0.4, 0.5) is 0 Å². The standard InChI is InChI=1S/C6H5BrN2S2/c7-6(9-2-4-11-6)5-8-1-3-10-5/h1-4,9H. The molecule has 2 rings (SSSR count). The molecule has 0 saturated carbocycles.